The van der Waals surface area contributed by atoms with Crippen molar-refractivity contribution in [1.29, 1.82) is 0 Å². The van der Waals surface area contributed by atoms with Gasteiger partial charge in [0.2, 0.25) is 0 Å². The van der Waals surface area contributed by atoms with Crippen LogP contribution in [0.25, 0.3) is 10.9 Å². The van der Waals surface area contributed by atoms with Crippen LogP contribution in [-0.4, -0.2) is 41.4 Å². The zero-order chi connectivity index (χ0) is 15.1. The van der Waals surface area contributed by atoms with E-state index in [9.17, 15) is 9.90 Å². The summed E-state index contributed by atoms with van der Waals surface area (Å²) in [6.07, 6.45) is 1.96. The number of hydrogen-bond donors (Lipinski definition) is 2. The van der Waals surface area contributed by atoms with Crippen LogP contribution >= 0.6 is 0 Å². The highest BCUT2D eigenvalue weighted by Gasteiger charge is 2.28. The lowest BCUT2D eigenvalue weighted by Gasteiger charge is -2.25. The molecule has 0 atom stereocenters. The Morgan fingerprint density at radius 2 is 2.29 bits per heavy atom. The molecule has 1 aromatic heterocycles. The van der Waals surface area contributed by atoms with E-state index in [1.807, 2.05) is 42.9 Å². The van der Waals surface area contributed by atoms with Crippen molar-refractivity contribution in [2.45, 2.75) is 13.1 Å². The number of hydrogen-bond acceptors (Lipinski definition) is 4. The summed E-state index contributed by atoms with van der Waals surface area (Å²) in [5, 5.41) is 13.9. The van der Waals surface area contributed by atoms with Gasteiger partial charge in [0.15, 0.2) is 0 Å². The first-order valence-electron chi connectivity index (χ1n) is 6.85. The highest BCUT2D eigenvalue weighted by atomic mass is 16.5. The maximum atomic E-state index is 11.8. The Morgan fingerprint density at radius 3 is 2.95 bits per heavy atom. The van der Waals surface area contributed by atoms with Crippen LogP contribution in [0.4, 0.5) is 0 Å². The van der Waals surface area contributed by atoms with Gasteiger partial charge in [-0.05, 0) is 20.2 Å². The average Bonchev–Trinajstić information content (AvgIpc) is 2.80. The number of nitrogens with one attached hydrogen (secondary N) is 1. The van der Waals surface area contributed by atoms with Crippen LogP contribution < -0.4 is 10.1 Å². The van der Waals surface area contributed by atoms with Gasteiger partial charge < -0.3 is 19.3 Å². The van der Waals surface area contributed by atoms with Gasteiger partial charge in [0.1, 0.15) is 18.0 Å². The van der Waals surface area contributed by atoms with Crippen LogP contribution in [-0.2, 0) is 20.1 Å². The molecule has 0 fully saturated rings. The number of benzene rings is 1. The summed E-state index contributed by atoms with van der Waals surface area (Å²) in [5.41, 5.74) is 2.98. The second-order valence-corrected chi connectivity index (χ2v) is 5.61. The summed E-state index contributed by atoms with van der Waals surface area (Å²) in [4.78, 5) is 13.8. The zero-order valence-electron chi connectivity index (χ0n) is 12.4. The number of carboxylic acid groups (broad SMARTS) is 1. The average molecular weight is 289 g/mol. The van der Waals surface area contributed by atoms with Gasteiger partial charge in [-0.15, -0.1) is 0 Å². The Morgan fingerprint density at radius 1 is 1.52 bits per heavy atom. The number of ether oxygens (including phenoxy) is 1. The monoisotopic (exact) mass is 289 g/mol. The molecule has 6 nitrogen and oxygen atoms in total. The standard InChI is InChI=1S/C15H19N3O3/c1-17(2)7-11-12(15(19)20)14-10(6-16-8-21-14)9-4-5-18(3)13(9)11/h4-5,16H,6-8H2,1-3H3,(H,19,20). The van der Waals surface area contributed by atoms with E-state index in [4.69, 9.17) is 4.74 Å². The zero-order valence-corrected chi connectivity index (χ0v) is 12.4. The quantitative estimate of drug-likeness (QED) is 0.893. The summed E-state index contributed by atoms with van der Waals surface area (Å²) in [7, 11) is 5.81. The molecule has 0 saturated carbocycles. The van der Waals surface area contributed by atoms with Crippen LogP contribution in [0.15, 0.2) is 12.3 Å². The summed E-state index contributed by atoms with van der Waals surface area (Å²) in [6, 6.07) is 2.02. The fraction of sp³-hybridized carbons (Fsp3) is 0.400. The molecule has 0 bridgehead atoms. The maximum absolute atomic E-state index is 11.8. The van der Waals surface area contributed by atoms with Crippen molar-refractivity contribution in [3.05, 3.63) is 29.0 Å². The number of fused-ring (bicyclic) bond motifs is 3. The van der Waals surface area contributed by atoms with Crippen LogP contribution in [0.2, 0.25) is 0 Å². The third kappa shape index (κ3) is 2.16. The first-order chi connectivity index (χ1) is 10.0. The second-order valence-electron chi connectivity index (χ2n) is 5.61. The number of aromatic nitrogens is 1. The Bertz CT molecular complexity index is 719. The molecular formula is C15H19N3O3. The molecule has 2 aromatic rings. The van der Waals surface area contributed by atoms with Crippen LogP contribution in [0.5, 0.6) is 5.75 Å². The lowest BCUT2D eigenvalue weighted by molar-refractivity contribution is 0.0688. The molecule has 112 valence electrons. The van der Waals surface area contributed by atoms with Crippen LogP contribution in [0.3, 0.4) is 0 Å². The number of carboxylic acids is 1. The van der Waals surface area contributed by atoms with Crippen LogP contribution in [0.1, 0.15) is 21.5 Å². The highest BCUT2D eigenvalue weighted by Crippen LogP contribution is 2.38. The topological polar surface area (TPSA) is 66.7 Å². The smallest absolute Gasteiger partial charge is 0.339 e. The number of nitrogens with zero attached hydrogens (tertiary/aromatic N) is 2. The van der Waals surface area contributed by atoms with E-state index in [2.05, 4.69) is 5.32 Å². The fourth-order valence-electron chi connectivity index (χ4n) is 3.01. The molecule has 1 aliphatic rings. The van der Waals surface area contributed by atoms with E-state index < -0.39 is 5.97 Å². The third-order valence-electron chi connectivity index (χ3n) is 3.80. The largest absolute Gasteiger partial charge is 0.478 e. The van der Waals surface area contributed by atoms with Gasteiger partial charge in [-0.1, -0.05) is 0 Å². The molecule has 1 aliphatic heterocycles. The first kappa shape index (κ1) is 13.9. The van der Waals surface area contributed by atoms with E-state index in [-0.39, 0.29) is 5.56 Å². The van der Waals surface area contributed by atoms with Crippen molar-refractivity contribution in [2.75, 3.05) is 20.8 Å². The van der Waals surface area contributed by atoms with E-state index >= 15 is 0 Å². The SMILES string of the molecule is CN(C)Cc1c(C(=O)O)c2c(c3ccn(C)c13)CNCO2. The molecule has 2 heterocycles. The minimum Gasteiger partial charge on any atom is -0.478 e. The van der Waals surface area contributed by atoms with Gasteiger partial charge in [0, 0.05) is 42.8 Å². The van der Waals surface area contributed by atoms with E-state index in [1.54, 1.807) is 0 Å². The minimum absolute atomic E-state index is 0.287. The van der Waals surface area contributed by atoms with Gasteiger partial charge in [-0.25, -0.2) is 4.79 Å². The number of aromatic carboxylic acids is 1. The molecule has 2 N–H and O–H groups in total. The van der Waals surface area contributed by atoms with Crippen molar-refractivity contribution in [3.63, 3.8) is 0 Å². The van der Waals surface area contributed by atoms with E-state index in [1.165, 1.54) is 0 Å². The molecular weight excluding hydrogens is 270 g/mol. The summed E-state index contributed by atoms with van der Waals surface area (Å²) in [5.74, 6) is -0.426. The maximum Gasteiger partial charge on any atom is 0.339 e. The molecule has 0 unspecified atom stereocenters. The molecule has 6 heteroatoms. The molecule has 3 rings (SSSR count). The van der Waals surface area contributed by atoms with Gasteiger partial charge in [-0.3, -0.25) is 5.32 Å². The molecule has 0 amide bonds. The van der Waals surface area contributed by atoms with Crippen molar-refractivity contribution in [1.82, 2.24) is 14.8 Å². The predicted molar refractivity (Wildman–Crippen MR) is 79.6 cm³/mol. The van der Waals surface area contributed by atoms with Gasteiger partial charge in [-0.2, -0.15) is 0 Å². The Kier molecular flexibility index (Phi) is 3.35. The molecule has 1 aromatic carbocycles. The number of aryl methyl sites for hydroxylation is 1. The molecule has 21 heavy (non-hydrogen) atoms. The minimum atomic E-state index is -0.937. The Labute approximate surface area is 122 Å². The number of carbonyl (C=O) groups is 1. The first-order valence-corrected chi connectivity index (χ1v) is 6.85. The number of rotatable bonds is 3. The molecule has 0 aliphatic carbocycles. The Hall–Kier alpha value is -2.05. The lowest BCUT2D eigenvalue weighted by Crippen LogP contribution is -2.28. The Balaban J connectivity index is 2.41. The third-order valence-corrected chi connectivity index (χ3v) is 3.80. The van der Waals surface area contributed by atoms with Crippen molar-refractivity contribution >= 4 is 16.9 Å². The fourth-order valence-corrected chi connectivity index (χ4v) is 3.01. The normalized spacial score (nSPS) is 14.3. The summed E-state index contributed by atoms with van der Waals surface area (Å²) >= 11 is 0. The van der Waals surface area contributed by atoms with Crippen molar-refractivity contribution < 1.29 is 14.6 Å². The lowest BCUT2D eigenvalue weighted by atomic mass is 9.96. The predicted octanol–water partition coefficient (Wildman–Crippen LogP) is 1.38. The summed E-state index contributed by atoms with van der Waals surface area (Å²) < 4.78 is 7.62. The molecule has 0 saturated heterocycles. The second kappa shape index (κ2) is 5.05. The van der Waals surface area contributed by atoms with Crippen molar-refractivity contribution in [3.8, 4) is 5.75 Å². The van der Waals surface area contributed by atoms with E-state index in [0.717, 1.165) is 22.0 Å². The van der Waals surface area contributed by atoms with Crippen LogP contribution in [0, 0.1) is 0 Å². The van der Waals surface area contributed by atoms with Gasteiger partial charge >= 0.3 is 5.97 Å². The van der Waals surface area contributed by atoms with E-state index in [0.29, 0.717) is 25.6 Å². The highest BCUT2D eigenvalue weighted by molar-refractivity contribution is 6.02. The van der Waals surface area contributed by atoms with Crippen molar-refractivity contribution in [2.24, 2.45) is 7.05 Å². The molecule has 0 radical (unpaired) electrons. The molecule has 0 spiro atoms. The van der Waals surface area contributed by atoms with Gasteiger partial charge in [0.25, 0.3) is 0 Å². The summed E-state index contributed by atoms with van der Waals surface area (Å²) in [6.45, 7) is 1.52. The van der Waals surface area contributed by atoms with Gasteiger partial charge in [0.05, 0.1) is 5.52 Å².